The Morgan fingerprint density at radius 3 is 2.69 bits per heavy atom. The van der Waals surface area contributed by atoms with E-state index in [0.29, 0.717) is 24.3 Å². The maximum Gasteiger partial charge on any atom is 0.229 e. The van der Waals surface area contributed by atoms with Crippen molar-refractivity contribution in [2.24, 2.45) is 0 Å². The molecule has 1 aliphatic rings. The molecule has 0 unspecified atom stereocenters. The van der Waals surface area contributed by atoms with Crippen molar-refractivity contribution in [1.82, 2.24) is 29.5 Å². The number of aromatic nitrogens is 5. The molecule has 36 heavy (non-hydrogen) atoms. The molecule has 1 N–H and O–H groups in total. The molecule has 0 saturated carbocycles. The molecule has 5 heterocycles. The summed E-state index contributed by atoms with van der Waals surface area (Å²) < 4.78 is 16.5. The van der Waals surface area contributed by atoms with Crippen LogP contribution in [0.3, 0.4) is 0 Å². The first-order chi connectivity index (χ1) is 17.4. The zero-order valence-corrected chi connectivity index (χ0v) is 20.6. The van der Waals surface area contributed by atoms with E-state index < -0.39 is 5.82 Å². The molecule has 1 amide bonds. The fourth-order valence-corrected chi connectivity index (χ4v) is 4.41. The van der Waals surface area contributed by atoms with Gasteiger partial charge in [-0.2, -0.15) is 5.10 Å². The quantitative estimate of drug-likeness (QED) is 0.434. The third-order valence-corrected chi connectivity index (χ3v) is 6.52. The number of pyridine rings is 2. The molecule has 0 aliphatic carbocycles. The lowest BCUT2D eigenvalue weighted by Crippen LogP contribution is -2.33. The van der Waals surface area contributed by atoms with Gasteiger partial charge in [0.15, 0.2) is 5.82 Å². The summed E-state index contributed by atoms with van der Waals surface area (Å²) in [6.07, 6.45) is 6.94. The van der Waals surface area contributed by atoms with Crippen LogP contribution >= 0.6 is 0 Å². The van der Waals surface area contributed by atoms with Crippen molar-refractivity contribution in [3.05, 3.63) is 60.4 Å². The van der Waals surface area contributed by atoms with Gasteiger partial charge >= 0.3 is 0 Å². The number of carbonyl (C=O) groups excluding carboxylic acids is 1. The zero-order valence-electron chi connectivity index (χ0n) is 20.6. The summed E-state index contributed by atoms with van der Waals surface area (Å²) in [7, 11) is 0. The second-order valence-corrected chi connectivity index (χ2v) is 9.15. The number of halogens is 1. The predicted octanol–water partition coefficient (Wildman–Crippen LogP) is 4.25. The average molecular weight is 489 g/mol. The molecule has 10 heteroatoms. The first kappa shape index (κ1) is 23.8. The van der Waals surface area contributed by atoms with Crippen LogP contribution in [0.4, 0.5) is 21.8 Å². The predicted molar refractivity (Wildman–Crippen MR) is 137 cm³/mol. The molecule has 4 aromatic rings. The third-order valence-electron chi connectivity index (χ3n) is 6.52. The lowest BCUT2D eigenvalue weighted by atomic mass is 10.0. The Morgan fingerprint density at radius 2 is 1.94 bits per heavy atom. The summed E-state index contributed by atoms with van der Waals surface area (Å²) in [6.45, 7) is 9.45. The van der Waals surface area contributed by atoms with Crippen LogP contribution in [0.5, 0.6) is 0 Å². The van der Waals surface area contributed by atoms with Gasteiger partial charge in [-0.15, -0.1) is 0 Å². The van der Waals surface area contributed by atoms with Crippen LogP contribution in [0.25, 0.3) is 16.8 Å². The Kier molecular flexibility index (Phi) is 6.60. The van der Waals surface area contributed by atoms with E-state index >= 15 is 0 Å². The van der Waals surface area contributed by atoms with Crippen molar-refractivity contribution in [2.75, 3.05) is 36.4 Å². The minimum absolute atomic E-state index is 0.0933. The second-order valence-electron chi connectivity index (χ2n) is 9.15. The van der Waals surface area contributed by atoms with Gasteiger partial charge in [0.2, 0.25) is 11.9 Å². The molecule has 0 aromatic carbocycles. The van der Waals surface area contributed by atoms with E-state index in [1.165, 1.54) is 0 Å². The first-order valence-electron chi connectivity index (χ1n) is 12.2. The minimum atomic E-state index is -0.514. The largest absolute Gasteiger partial charge is 0.310 e. The van der Waals surface area contributed by atoms with Crippen molar-refractivity contribution in [3.63, 3.8) is 0 Å². The van der Waals surface area contributed by atoms with Crippen molar-refractivity contribution in [2.45, 2.75) is 33.1 Å². The number of carbonyl (C=O) groups is 1. The molecular weight excluding hydrogens is 459 g/mol. The Balaban J connectivity index is 1.36. The van der Waals surface area contributed by atoms with Gasteiger partial charge < -0.3 is 15.1 Å². The summed E-state index contributed by atoms with van der Waals surface area (Å²) in [5.74, 6) is 0.598. The first-order valence-corrected chi connectivity index (χ1v) is 12.2. The highest BCUT2D eigenvalue weighted by Crippen LogP contribution is 2.27. The van der Waals surface area contributed by atoms with Crippen LogP contribution in [-0.4, -0.2) is 61.6 Å². The van der Waals surface area contributed by atoms with E-state index in [-0.39, 0.29) is 23.5 Å². The number of hydrogen-bond acceptors (Lipinski definition) is 7. The highest BCUT2D eigenvalue weighted by Gasteiger charge is 2.21. The molecule has 0 spiro atoms. The summed E-state index contributed by atoms with van der Waals surface area (Å²) in [5, 5.41) is 7.42. The molecule has 186 valence electrons. The molecule has 1 fully saturated rings. The summed E-state index contributed by atoms with van der Waals surface area (Å²) in [6, 6.07) is 7.29. The van der Waals surface area contributed by atoms with Crippen LogP contribution < -0.4 is 10.2 Å². The minimum Gasteiger partial charge on any atom is -0.310 e. The molecular formula is C26H29FN8O. The van der Waals surface area contributed by atoms with E-state index in [9.17, 15) is 9.18 Å². The van der Waals surface area contributed by atoms with E-state index in [2.05, 4.69) is 51.0 Å². The van der Waals surface area contributed by atoms with Gasteiger partial charge in [-0.05, 0) is 36.7 Å². The van der Waals surface area contributed by atoms with Gasteiger partial charge in [-0.1, -0.05) is 20.8 Å². The molecule has 9 nitrogen and oxygen atoms in total. The topological polar surface area (TPSA) is 91.6 Å². The number of likely N-dealkylation sites (N-methyl/N-ethyl adjacent to an activating group) is 1. The van der Waals surface area contributed by atoms with E-state index in [1.807, 2.05) is 18.3 Å². The average Bonchev–Trinajstić information content (AvgIpc) is 3.22. The van der Waals surface area contributed by atoms with Gasteiger partial charge in [0.1, 0.15) is 11.5 Å². The highest BCUT2D eigenvalue weighted by molar-refractivity contribution is 5.93. The van der Waals surface area contributed by atoms with Crippen LogP contribution in [0.15, 0.2) is 49.1 Å². The maximum atomic E-state index is 14.7. The van der Waals surface area contributed by atoms with E-state index in [1.54, 1.807) is 33.9 Å². The molecule has 1 saturated heterocycles. The monoisotopic (exact) mass is 488 g/mol. The Labute approximate surface area is 209 Å². The van der Waals surface area contributed by atoms with Crippen LogP contribution in [0, 0.1) is 5.82 Å². The third kappa shape index (κ3) is 4.76. The van der Waals surface area contributed by atoms with Crippen LogP contribution in [-0.2, 0) is 4.79 Å². The number of amides is 1. The molecule has 0 bridgehead atoms. The van der Waals surface area contributed by atoms with Gasteiger partial charge in [-0.25, -0.2) is 23.9 Å². The number of anilines is 3. The number of nitrogens with zero attached hydrogens (tertiary/aromatic N) is 7. The van der Waals surface area contributed by atoms with Gasteiger partial charge in [0, 0.05) is 43.4 Å². The van der Waals surface area contributed by atoms with Gasteiger partial charge in [0.25, 0.3) is 0 Å². The molecule has 1 aliphatic heterocycles. The Morgan fingerprint density at radius 1 is 1.08 bits per heavy atom. The standard InChI is InChI=1S/C26H29FN8O/c1-4-33-9-8-24(36)34(12-11-33)19-5-6-23(28-14-19)31-26-29-16-21(27)25(32-26)18-7-10-35-22(13-18)20(15-30-35)17(2)3/h5-7,10,13-17H,4,8-9,11-12H2,1-3H3,(H,28,29,31,32). The number of rotatable bonds is 6. The van der Waals surface area contributed by atoms with Crippen LogP contribution in [0.1, 0.15) is 38.7 Å². The second kappa shape index (κ2) is 9.98. The van der Waals surface area contributed by atoms with Crippen molar-refractivity contribution in [3.8, 4) is 11.3 Å². The normalized spacial score (nSPS) is 15.0. The SMILES string of the molecule is CCN1CCC(=O)N(c2ccc(Nc3ncc(F)c(-c4ccn5ncc(C(C)C)c5c4)n3)nc2)CC1. The highest BCUT2D eigenvalue weighted by atomic mass is 19.1. The van der Waals surface area contributed by atoms with E-state index in [0.717, 1.165) is 42.6 Å². The summed E-state index contributed by atoms with van der Waals surface area (Å²) >= 11 is 0. The summed E-state index contributed by atoms with van der Waals surface area (Å²) in [5.41, 5.74) is 3.58. The lowest BCUT2D eigenvalue weighted by Gasteiger charge is -2.21. The fourth-order valence-electron chi connectivity index (χ4n) is 4.41. The molecule has 5 rings (SSSR count). The van der Waals surface area contributed by atoms with Crippen LogP contribution in [0.2, 0.25) is 0 Å². The molecule has 0 radical (unpaired) electrons. The van der Waals surface area contributed by atoms with Crippen molar-refractivity contribution >= 4 is 28.9 Å². The van der Waals surface area contributed by atoms with Gasteiger partial charge in [0.05, 0.1) is 29.8 Å². The molecule has 4 aromatic heterocycles. The fraction of sp³-hybridized carbons (Fsp3) is 0.346. The number of fused-ring (bicyclic) bond motifs is 1. The maximum absolute atomic E-state index is 14.7. The van der Waals surface area contributed by atoms with Crippen molar-refractivity contribution < 1.29 is 9.18 Å². The van der Waals surface area contributed by atoms with Crippen molar-refractivity contribution in [1.29, 1.82) is 0 Å². The Bertz CT molecular complexity index is 1380. The zero-order chi connectivity index (χ0) is 25.2. The number of nitrogens with one attached hydrogen (secondary N) is 1. The van der Waals surface area contributed by atoms with Gasteiger partial charge in [-0.3, -0.25) is 4.79 Å². The molecule has 0 atom stereocenters. The smallest absolute Gasteiger partial charge is 0.229 e. The lowest BCUT2D eigenvalue weighted by molar-refractivity contribution is -0.118. The number of hydrogen-bond donors (Lipinski definition) is 1. The summed E-state index contributed by atoms with van der Waals surface area (Å²) in [4.78, 5) is 29.6. The van der Waals surface area contributed by atoms with E-state index in [4.69, 9.17) is 0 Å². The Hall–Kier alpha value is -3.92.